The number of amides is 3. The van der Waals surface area contributed by atoms with E-state index in [1.807, 2.05) is 31.2 Å². The maximum Gasteiger partial charge on any atom is 0.408 e. The molecule has 3 atom stereocenters. The highest BCUT2D eigenvalue weighted by atomic mass is 16.6. The molecule has 4 rings (SSSR count). The number of rotatable bonds is 5. The predicted octanol–water partition coefficient (Wildman–Crippen LogP) is 2.73. The molecule has 37 heavy (non-hydrogen) atoms. The number of alkyl carbamates (subject to hydrolysis) is 1. The summed E-state index contributed by atoms with van der Waals surface area (Å²) in [6.07, 6.45) is -0.177. The zero-order valence-corrected chi connectivity index (χ0v) is 21.3. The van der Waals surface area contributed by atoms with E-state index in [9.17, 15) is 19.5 Å². The Hall–Kier alpha value is -4.05. The Morgan fingerprint density at radius 3 is 2.49 bits per heavy atom. The molecule has 10 nitrogen and oxygen atoms in total. The van der Waals surface area contributed by atoms with Crippen LogP contribution in [0.4, 0.5) is 4.79 Å². The Bertz CT molecular complexity index is 1290. The van der Waals surface area contributed by atoms with Gasteiger partial charge in [0.1, 0.15) is 17.4 Å². The molecule has 1 aromatic heterocycles. The number of benzene rings is 2. The molecule has 3 amide bonds. The van der Waals surface area contributed by atoms with E-state index >= 15 is 0 Å². The van der Waals surface area contributed by atoms with Crippen molar-refractivity contribution in [2.24, 2.45) is 0 Å². The van der Waals surface area contributed by atoms with Gasteiger partial charge >= 0.3 is 6.09 Å². The first-order chi connectivity index (χ1) is 17.5. The number of aromatic nitrogens is 1. The predicted molar refractivity (Wildman–Crippen MR) is 139 cm³/mol. The summed E-state index contributed by atoms with van der Waals surface area (Å²) in [6, 6.07) is 12.6. The maximum atomic E-state index is 13.0. The molecule has 2 heterocycles. The molecule has 0 unspecified atom stereocenters. The van der Waals surface area contributed by atoms with E-state index in [0.29, 0.717) is 12.0 Å². The lowest BCUT2D eigenvalue weighted by Gasteiger charge is -2.29. The highest BCUT2D eigenvalue weighted by Crippen LogP contribution is 2.31. The minimum atomic E-state index is -1.03. The van der Waals surface area contributed by atoms with E-state index in [1.54, 1.807) is 32.9 Å². The zero-order valence-electron chi connectivity index (χ0n) is 21.3. The van der Waals surface area contributed by atoms with Gasteiger partial charge in [0.25, 0.3) is 11.8 Å². The van der Waals surface area contributed by atoms with Gasteiger partial charge < -0.3 is 20.1 Å². The van der Waals surface area contributed by atoms with Gasteiger partial charge in [-0.3, -0.25) is 25.8 Å². The fourth-order valence-electron chi connectivity index (χ4n) is 4.45. The molecule has 0 bridgehead atoms. The third-order valence-electron chi connectivity index (χ3n) is 6.15. The van der Waals surface area contributed by atoms with Crippen LogP contribution < -0.4 is 21.5 Å². The van der Waals surface area contributed by atoms with Crippen LogP contribution in [0.25, 0.3) is 10.9 Å². The highest BCUT2D eigenvalue weighted by Gasteiger charge is 2.32. The normalized spacial score (nSPS) is 17.9. The van der Waals surface area contributed by atoms with Gasteiger partial charge in [0, 0.05) is 29.1 Å². The molecule has 1 aliphatic heterocycles. The summed E-state index contributed by atoms with van der Waals surface area (Å²) in [4.78, 5) is 41.8. The summed E-state index contributed by atoms with van der Waals surface area (Å²) in [5, 5.41) is 16.5. The van der Waals surface area contributed by atoms with Gasteiger partial charge in [-0.05, 0) is 63.4 Å². The van der Waals surface area contributed by atoms with Crippen LogP contribution in [-0.2, 0) is 27.2 Å². The molecule has 10 heteroatoms. The molecule has 0 saturated heterocycles. The molecule has 2 aromatic carbocycles. The smallest absolute Gasteiger partial charge is 0.408 e. The number of hydrogen-bond donors (Lipinski definition) is 6. The molecule has 1 aliphatic rings. The van der Waals surface area contributed by atoms with E-state index < -0.39 is 35.6 Å². The van der Waals surface area contributed by atoms with Crippen LogP contribution in [0.1, 0.15) is 50.6 Å². The number of H-pyrrole nitrogens is 1. The van der Waals surface area contributed by atoms with Crippen molar-refractivity contribution in [2.45, 2.75) is 64.3 Å². The second-order valence-electron chi connectivity index (χ2n) is 10.3. The number of phenolic OH excluding ortho intramolecular Hbond substituents is 1. The molecule has 196 valence electrons. The first-order valence-corrected chi connectivity index (χ1v) is 12.2. The third-order valence-corrected chi connectivity index (χ3v) is 6.15. The minimum Gasteiger partial charge on any atom is -0.508 e. The number of aromatic amines is 1. The van der Waals surface area contributed by atoms with Crippen molar-refractivity contribution in [3.05, 3.63) is 65.4 Å². The van der Waals surface area contributed by atoms with E-state index in [0.717, 1.165) is 22.2 Å². The number of ether oxygens (including phenoxy) is 1. The van der Waals surface area contributed by atoms with Crippen molar-refractivity contribution in [2.75, 3.05) is 0 Å². The number of nitrogens with one attached hydrogen (secondary N) is 5. The average Bonchev–Trinajstić information content (AvgIpc) is 3.21. The maximum absolute atomic E-state index is 13.0. The molecule has 0 spiro atoms. The molecule has 0 radical (unpaired) electrons. The van der Waals surface area contributed by atoms with Crippen LogP contribution in [0.2, 0.25) is 0 Å². The molecule has 0 aliphatic carbocycles. The van der Waals surface area contributed by atoms with Crippen LogP contribution in [0, 0.1) is 0 Å². The summed E-state index contributed by atoms with van der Waals surface area (Å²) in [7, 11) is 0. The van der Waals surface area contributed by atoms with Crippen LogP contribution in [0.5, 0.6) is 5.75 Å². The van der Waals surface area contributed by atoms with Gasteiger partial charge in [-0.1, -0.05) is 30.3 Å². The molecular weight excluding hydrogens is 474 g/mol. The Labute approximate surface area is 215 Å². The van der Waals surface area contributed by atoms with Crippen LogP contribution in [0.3, 0.4) is 0 Å². The monoisotopic (exact) mass is 507 g/mol. The summed E-state index contributed by atoms with van der Waals surface area (Å²) in [5.74, 6) is -0.912. The number of hydrogen-bond acceptors (Lipinski definition) is 6. The number of hydrazine groups is 1. The minimum absolute atomic E-state index is 0.0846. The summed E-state index contributed by atoms with van der Waals surface area (Å²) in [6.45, 7) is 7.14. The van der Waals surface area contributed by atoms with Crippen molar-refractivity contribution in [1.29, 1.82) is 0 Å². The number of phenols is 1. The standard InChI is InChI=1S/C27H33N5O5/c1-15-23-19(18-7-5-6-8-20(18)29-23)14-22(28-15)25(35)32-31-24(34)21(30-26(36)37-27(2,3)4)13-16-9-11-17(33)12-10-16/h5-12,15,21-22,28-29,33H,13-14H2,1-4H3,(H,30,36)(H,31,34)(H,32,35)/t15-,21-,22-/m0/s1. The van der Waals surface area contributed by atoms with Gasteiger partial charge in [0.15, 0.2) is 0 Å². The lowest BCUT2D eigenvalue weighted by Crippen LogP contribution is -2.57. The molecule has 3 aromatic rings. The van der Waals surface area contributed by atoms with Crippen molar-refractivity contribution in [3.8, 4) is 5.75 Å². The Kier molecular flexibility index (Phi) is 7.40. The van der Waals surface area contributed by atoms with Gasteiger partial charge in [0.2, 0.25) is 0 Å². The lowest BCUT2D eigenvalue weighted by atomic mass is 9.94. The van der Waals surface area contributed by atoms with Crippen LogP contribution >= 0.6 is 0 Å². The number of aromatic hydroxyl groups is 1. The first kappa shape index (κ1) is 26.0. The summed E-state index contributed by atoms with van der Waals surface area (Å²) in [5.41, 5.74) is 8.03. The largest absolute Gasteiger partial charge is 0.508 e. The van der Waals surface area contributed by atoms with Crippen molar-refractivity contribution < 1.29 is 24.2 Å². The summed E-state index contributed by atoms with van der Waals surface area (Å²) < 4.78 is 5.30. The van der Waals surface area contributed by atoms with Crippen molar-refractivity contribution in [1.82, 2.24) is 26.5 Å². The molecule has 0 saturated carbocycles. The van der Waals surface area contributed by atoms with Gasteiger partial charge in [-0.2, -0.15) is 0 Å². The Morgan fingerprint density at radius 1 is 1.08 bits per heavy atom. The van der Waals surface area contributed by atoms with Gasteiger partial charge in [0.05, 0.1) is 6.04 Å². The Balaban J connectivity index is 1.42. The first-order valence-electron chi connectivity index (χ1n) is 12.2. The van der Waals surface area contributed by atoms with Crippen LogP contribution in [-0.4, -0.2) is 45.7 Å². The SMILES string of the molecule is C[C@@H]1N[C@H](C(=O)NNC(=O)[C@H](Cc2ccc(O)cc2)NC(=O)OC(C)(C)C)Cc2c1[nH]c1ccccc21. The number of fused-ring (bicyclic) bond motifs is 3. The average molecular weight is 508 g/mol. The van der Waals surface area contributed by atoms with Gasteiger partial charge in [-0.15, -0.1) is 0 Å². The number of para-hydroxylation sites is 1. The van der Waals surface area contributed by atoms with Crippen molar-refractivity contribution >= 4 is 28.8 Å². The van der Waals surface area contributed by atoms with Gasteiger partial charge in [-0.25, -0.2) is 4.79 Å². The van der Waals surface area contributed by atoms with Crippen LogP contribution in [0.15, 0.2) is 48.5 Å². The summed E-state index contributed by atoms with van der Waals surface area (Å²) >= 11 is 0. The fraction of sp³-hybridized carbons (Fsp3) is 0.370. The van der Waals surface area contributed by atoms with E-state index in [2.05, 4.69) is 26.5 Å². The molecular formula is C27H33N5O5. The quantitative estimate of drug-likeness (QED) is 0.293. The number of carbonyl (C=O) groups is 3. The third kappa shape index (κ3) is 6.39. The van der Waals surface area contributed by atoms with E-state index in [4.69, 9.17) is 4.74 Å². The molecule has 0 fully saturated rings. The zero-order chi connectivity index (χ0) is 26.7. The molecule has 6 N–H and O–H groups in total. The van der Waals surface area contributed by atoms with Crippen molar-refractivity contribution in [3.63, 3.8) is 0 Å². The second-order valence-corrected chi connectivity index (χ2v) is 10.3. The fourth-order valence-corrected chi connectivity index (χ4v) is 4.45. The topological polar surface area (TPSA) is 145 Å². The Morgan fingerprint density at radius 2 is 1.78 bits per heavy atom. The number of carbonyl (C=O) groups excluding carboxylic acids is 3. The highest BCUT2D eigenvalue weighted by molar-refractivity contribution is 5.91. The second kappa shape index (κ2) is 10.5. The lowest BCUT2D eigenvalue weighted by molar-refractivity contribution is -0.131. The van der Waals surface area contributed by atoms with E-state index in [-0.39, 0.29) is 18.2 Å². The van der Waals surface area contributed by atoms with E-state index in [1.165, 1.54) is 12.1 Å².